The smallest absolute Gasteiger partial charge is 0.129 e. The van der Waals surface area contributed by atoms with Gasteiger partial charge in [-0.05, 0) is 60.4 Å². The molecule has 0 N–H and O–H groups in total. The Bertz CT molecular complexity index is 2030. The van der Waals surface area contributed by atoms with Crippen molar-refractivity contribution >= 4 is 43.4 Å². The Morgan fingerprint density at radius 3 is 2.48 bits per heavy atom. The van der Waals surface area contributed by atoms with E-state index in [1.807, 2.05) is 54.6 Å². The second kappa shape index (κ2) is 11.9. The van der Waals surface area contributed by atoms with E-state index in [9.17, 15) is 0 Å². The van der Waals surface area contributed by atoms with Crippen LogP contribution in [0.1, 0.15) is 41.2 Å². The molecule has 0 amide bonds. The van der Waals surface area contributed by atoms with Crippen molar-refractivity contribution in [3.63, 3.8) is 0 Å². The van der Waals surface area contributed by atoms with Crippen molar-refractivity contribution in [3.8, 4) is 22.5 Å². The Morgan fingerprint density at radius 2 is 1.73 bits per heavy atom. The van der Waals surface area contributed by atoms with E-state index in [2.05, 4.69) is 47.2 Å². The first-order valence-corrected chi connectivity index (χ1v) is 13.5. The van der Waals surface area contributed by atoms with Crippen molar-refractivity contribution in [3.05, 3.63) is 119 Å². The molecule has 0 aliphatic carbocycles. The number of benzene rings is 3. The molecule has 3 nitrogen and oxygen atoms in total. The summed E-state index contributed by atoms with van der Waals surface area (Å²) in [5, 5.41) is 3.07. The maximum Gasteiger partial charge on any atom is 0.129 e. The zero-order valence-electron chi connectivity index (χ0n) is 26.2. The summed E-state index contributed by atoms with van der Waals surface area (Å²) < 4.78 is 39.5. The third kappa shape index (κ3) is 5.38. The molecule has 40 heavy (non-hydrogen) atoms. The van der Waals surface area contributed by atoms with Gasteiger partial charge in [0.05, 0.1) is 5.58 Å². The number of fused-ring (bicyclic) bond motifs is 5. The van der Waals surface area contributed by atoms with Crippen molar-refractivity contribution in [2.24, 2.45) is 0 Å². The summed E-state index contributed by atoms with van der Waals surface area (Å²) in [4.78, 5) is 9.88. The van der Waals surface area contributed by atoms with Gasteiger partial charge < -0.3 is 14.4 Å². The van der Waals surface area contributed by atoms with Gasteiger partial charge >= 0.3 is 0 Å². The van der Waals surface area contributed by atoms with Gasteiger partial charge in [0.1, 0.15) is 5.58 Å². The van der Waals surface area contributed by atoms with Crippen LogP contribution >= 0.6 is 11.3 Å². The molecule has 0 fully saturated rings. The molecule has 0 spiro atoms. The summed E-state index contributed by atoms with van der Waals surface area (Å²) in [6.45, 7) is 3.11. The Kier molecular flexibility index (Phi) is 6.85. The number of pyridine rings is 2. The topological polar surface area (TPSA) is 38.9 Å². The molecule has 0 unspecified atom stereocenters. The molecular weight excluding hydrogens is 689 g/mol. The van der Waals surface area contributed by atoms with Crippen LogP contribution in [0.3, 0.4) is 0 Å². The largest absolute Gasteiger partial charge is 0.500 e. The third-order valence-corrected chi connectivity index (χ3v) is 7.58. The van der Waals surface area contributed by atoms with Crippen molar-refractivity contribution in [1.29, 1.82) is 0 Å². The Balaban J connectivity index is 0.000000248. The number of hydrogen-bond donors (Lipinski definition) is 0. The minimum Gasteiger partial charge on any atom is -0.500 e. The van der Waals surface area contributed by atoms with E-state index in [1.54, 1.807) is 37.4 Å². The average Bonchev–Trinajstić information content (AvgIpc) is 3.57. The summed E-state index contributed by atoms with van der Waals surface area (Å²) in [7, 11) is 0. The van der Waals surface area contributed by atoms with Crippen LogP contribution in [0.5, 0.6) is 0 Å². The fourth-order valence-corrected chi connectivity index (χ4v) is 5.63. The van der Waals surface area contributed by atoms with Crippen LogP contribution in [-0.4, -0.2) is 9.97 Å². The molecule has 5 heteroatoms. The average molecular weight is 721 g/mol. The molecule has 0 atom stereocenters. The van der Waals surface area contributed by atoms with E-state index < -0.39 is 12.7 Å². The van der Waals surface area contributed by atoms with Crippen molar-refractivity contribution in [2.45, 2.75) is 33.5 Å². The van der Waals surface area contributed by atoms with Crippen LogP contribution in [0.2, 0.25) is 0 Å². The number of hydrogen-bond acceptors (Lipinski definition) is 4. The molecule has 0 bridgehead atoms. The van der Waals surface area contributed by atoms with Crippen LogP contribution in [-0.2, 0) is 20.1 Å². The number of rotatable bonds is 3. The van der Waals surface area contributed by atoms with Gasteiger partial charge in [-0.3, -0.25) is 0 Å². The van der Waals surface area contributed by atoms with E-state index in [1.165, 1.54) is 15.8 Å². The number of nitrogens with zero attached hydrogens (tertiary/aromatic N) is 2. The second-order valence-corrected chi connectivity index (χ2v) is 10.8. The number of furan rings is 1. The van der Waals surface area contributed by atoms with Gasteiger partial charge in [0.2, 0.25) is 0 Å². The first kappa shape index (κ1) is 23.1. The Labute approximate surface area is 257 Å². The quantitative estimate of drug-likeness (QED) is 0.171. The monoisotopic (exact) mass is 721 g/mol. The summed E-state index contributed by atoms with van der Waals surface area (Å²) in [5.74, 6) is -1.09. The maximum absolute atomic E-state index is 8.49. The minimum absolute atomic E-state index is 0. The number of thiophene rings is 1. The SMILES string of the molecule is [2H]C([2H])([2H])c1cnc(-c2[c-]ccc3c2oc2c4cc(C)sc4ccc32)cc1C([2H])(C)C.[Ir].[c-]1ccccc1-c1ccccn1. The fourth-order valence-electron chi connectivity index (χ4n) is 4.71. The fraction of sp³-hybridized carbons (Fsp3) is 0.143. The molecule has 0 aliphatic rings. The van der Waals surface area contributed by atoms with Crippen LogP contribution in [0.25, 0.3) is 54.5 Å². The van der Waals surface area contributed by atoms with Gasteiger partial charge in [-0.25, -0.2) is 0 Å². The third-order valence-electron chi connectivity index (χ3n) is 6.57. The summed E-state index contributed by atoms with van der Waals surface area (Å²) >= 11 is 1.73. The first-order valence-electron chi connectivity index (χ1n) is 14.7. The molecule has 201 valence electrons. The van der Waals surface area contributed by atoms with E-state index in [-0.39, 0.29) is 25.7 Å². The zero-order valence-corrected chi connectivity index (χ0v) is 25.4. The van der Waals surface area contributed by atoms with Crippen LogP contribution in [0.4, 0.5) is 0 Å². The van der Waals surface area contributed by atoms with Gasteiger partial charge in [-0.15, -0.1) is 65.4 Å². The van der Waals surface area contributed by atoms with E-state index in [0.717, 1.165) is 33.0 Å². The zero-order chi connectivity index (χ0) is 30.4. The van der Waals surface area contributed by atoms with Crippen LogP contribution in [0.15, 0.2) is 95.7 Å². The van der Waals surface area contributed by atoms with Crippen LogP contribution < -0.4 is 0 Å². The minimum atomic E-state index is -2.34. The van der Waals surface area contributed by atoms with E-state index in [0.29, 0.717) is 22.4 Å². The van der Waals surface area contributed by atoms with Gasteiger partial charge in [0.25, 0.3) is 0 Å². The number of aromatic nitrogens is 2. The number of aryl methyl sites for hydroxylation is 2. The molecule has 1 radical (unpaired) electrons. The van der Waals surface area contributed by atoms with Crippen LogP contribution in [0, 0.1) is 25.9 Å². The van der Waals surface area contributed by atoms with Gasteiger partial charge in [0, 0.05) is 58.3 Å². The van der Waals surface area contributed by atoms with E-state index in [4.69, 9.17) is 9.90 Å². The van der Waals surface area contributed by atoms with Crippen molar-refractivity contribution in [1.82, 2.24) is 9.97 Å². The second-order valence-electron chi connectivity index (χ2n) is 9.51. The molecule has 0 saturated heterocycles. The maximum atomic E-state index is 8.49. The molecule has 4 heterocycles. The predicted molar refractivity (Wildman–Crippen MR) is 163 cm³/mol. The first-order chi connectivity index (χ1) is 20.5. The normalized spacial score (nSPS) is 13.1. The van der Waals surface area contributed by atoms with E-state index >= 15 is 0 Å². The standard InChI is InChI=1S/C24H20NOS.C11H8N.Ir/c1-13(2)19-11-21(25-12-14(19)3)18-7-5-6-16-17-8-9-22-20(10-15(4)27-22)24(17)26-23(16)18;1-2-6-10(7-3-1)11-8-4-5-9-12-11;/h5-6,8-13H,1-4H3;1-6,8-9H;/q2*-1;/i3D3,13D;;. The van der Waals surface area contributed by atoms with Gasteiger partial charge in [0.15, 0.2) is 0 Å². The Hall–Kier alpha value is -3.63. The van der Waals surface area contributed by atoms with Gasteiger partial charge in [-0.1, -0.05) is 49.1 Å². The van der Waals surface area contributed by atoms with Gasteiger partial charge in [-0.2, -0.15) is 0 Å². The van der Waals surface area contributed by atoms with Crippen molar-refractivity contribution < 1.29 is 30.0 Å². The summed E-state index contributed by atoms with van der Waals surface area (Å²) in [6.07, 6.45) is 3.15. The predicted octanol–water partition coefficient (Wildman–Crippen LogP) is 9.95. The Morgan fingerprint density at radius 1 is 0.875 bits per heavy atom. The molecular formula is C35H28IrN2OS-2. The summed E-state index contributed by atoms with van der Waals surface area (Å²) in [6, 6.07) is 31.9. The molecule has 7 rings (SSSR count). The molecule has 0 aliphatic heterocycles. The summed E-state index contributed by atoms with van der Waals surface area (Å²) in [5.41, 5.74) is 5.24. The molecule has 4 aromatic heterocycles. The molecule has 3 aromatic carbocycles. The van der Waals surface area contributed by atoms with Crippen molar-refractivity contribution in [2.75, 3.05) is 0 Å². The molecule has 7 aromatic rings. The molecule has 0 saturated carbocycles.